The van der Waals surface area contributed by atoms with Crippen LogP contribution in [0.2, 0.25) is 0 Å². The predicted molar refractivity (Wildman–Crippen MR) is 87.6 cm³/mol. The third kappa shape index (κ3) is 4.80. The van der Waals surface area contributed by atoms with Gasteiger partial charge in [0, 0.05) is 31.6 Å². The Morgan fingerprint density at radius 2 is 2.40 bits per heavy atom. The lowest BCUT2D eigenvalue weighted by Crippen LogP contribution is -2.41. The van der Waals surface area contributed by atoms with Crippen molar-refractivity contribution in [3.05, 3.63) is 22.4 Å². The van der Waals surface area contributed by atoms with Gasteiger partial charge in [0.2, 0.25) is 0 Å². The van der Waals surface area contributed by atoms with Gasteiger partial charge in [0.25, 0.3) is 0 Å². The molecule has 0 spiro atoms. The van der Waals surface area contributed by atoms with Gasteiger partial charge in [-0.3, -0.25) is 4.99 Å². The molecule has 0 bridgehead atoms. The number of thiophene rings is 1. The smallest absolute Gasteiger partial charge is 0.190 e. The highest BCUT2D eigenvalue weighted by Gasteiger charge is 2.20. The van der Waals surface area contributed by atoms with Crippen LogP contribution in [0.1, 0.15) is 18.2 Å². The summed E-state index contributed by atoms with van der Waals surface area (Å²) in [5.41, 5.74) is 0. The Hall–Kier alpha value is -1.07. The molecule has 20 heavy (non-hydrogen) atoms. The van der Waals surface area contributed by atoms with Crippen LogP contribution >= 0.6 is 11.3 Å². The Balaban J connectivity index is 1.63. The Labute approximate surface area is 126 Å². The first-order chi connectivity index (χ1) is 9.81. The average Bonchev–Trinajstić information content (AvgIpc) is 3.13. The molecule has 4 nitrogen and oxygen atoms in total. The van der Waals surface area contributed by atoms with Crippen LogP contribution in [0, 0.1) is 5.92 Å². The van der Waals surface area contributed by atoms with Crippen LogP contribution in [-0.4, -0.2) is 50.6 Å². The molecular formula is C15H26N4S. The maximum absolute atomic E-state index is 4.29. The van der Waals surface area contributed by atoms with E-state index >= 15 is 0 Å². The van der Waals surface area contributed by atoms with Crippen molar-refractivity contribution in [1.29, 1.82) is 0 Å². The molecule has 1 aliphatic heterocycles. The summed E-state index contributed by atoms with van der Waals surface area (Å²) >= 11 is 1.81. The van der Waals surface area contributed by atoms with Gasteiger partial charge in [0.15, 0.2) is 5.96 Å². The monoisotopic (exact) mass is 294 g/mol. The molecule has 1 unspecified atom stereocenters. The number of guanidine groups is 1. The molecule has 1 atom stereocenters. The zero-order chi connectivity index (χ0) is 14.2. The molecule has 2 rings (SSSR count). The van der Waals surface area contributed by atoms with E-state index in [1.807, 2.05) is 18.4 Å². The van der Waals surface area contributed by atoms with Gasteiger partial charge in [-0.2, -0.15) is 0 Å². The number of nitrogens with one attached hydrogen (secondary N) is 2. The van der Waals surface area contributed by atoms with Crippen molar-refractivity contribution in [2.24, 2.45) is 10.9 Å². The van der Waals surface area contributed by atoms with Crippen LogP contribution in [0.3, 0.4) is 0 Å². The standard InChI is InChI=1S/C15H26N4S/c1-3-19-9-7-13(12-19)11-18-15(16-2)17-8-6-14-5-4-10-20-14/h4-5,10,13H,3,6-9,11-12H2,1-2H3,(H2,16,17,18). The van der Waals surface area contributed by atoms with Crippen molar-refractivity contribution in [1.82, 2.24) is 15.5 Å². The van der Waals surface area contributed by atoms with Gasteiger partial charge >= 0.3 is 0 Å². The Morgan fingerprint density at radius 3 is 3.05 bits per heavy atom. The quantitative estimate of drug-likeness (QED) is 0.621. The predicted octanol–water partition coefficient (Wildman–Crippen LogP) is 1.80. The Morgan fingerprint density at radius 1 is 1.50 bits per heavy atom. The topological polar surface area (TPSA) is 39.7 Å². The van der Waals surface area contributed by atoms with E-state index in [9.17, 15) is 0 Å². The van der Waals surface area contributed by atoms with Gasteiger partial charge in [-0.15, -0.1) is 11.3 Å². The second-order valence-electron chi connectivity index (χ2n) is 5.26. The summed E-state index contributed by atoms with van der Waals surface area (Å²) in [6, 6.07) is 4.28. The first-order valence-electron chi connectivity index (χ1n) is 7.51. The molecule has 0 amide bonds. The van der Waals surface area contributed by atoms with E-state index in [4.69, 9.17) is 0 Å². The zero-order valence-corrected chi connectivity index (χ0v) is 13.4. The fraction of sp³-hybridized carbons (Fsp3) is 0.667. The summed E-state index contributed by atoms with van der Waals surface area (Å²) in [7, 11) is 1.84. The largest absolute Gasteiger partial charge is 0.356 e. The minimum absolute atomic E-state index is 0.755. The molecule has 0 aliphatic carbocycles. The van der Waals surface area contributed by atoms with Crippen molar-refractivity contribution in [2.75, 3.05) is 39.8 Å². The van der Waals surface area contributed by atoms with Gasteiger partial charge in [-0.05, 0) is 43.3 Å². The van der Waals surface area contributed by atoms with E-state index < -0.39 is 0 Å². The summed E-state index contributed by atoms with van der Waals surface area (Å²) in [6.07, 6.45) is 2.36. The fourth-order valence-corrected chi connectivity index (χ4v) is 3.30. The third-order valence-electron chi connectivity index (χ3n) is 3.84. The van der Waals surface area contributed by atoms with Gasteiger partial charge in [-0.1, -0.05) is 13.0 Å². The highest BCUT2D eigenvalue weighted by atomic mass is 32.1. The van der Waals surface area contributed by atoms with Crippen LogP contribution in [0.4, 0.5) is 0 Å². The number of aliphatic imine (C=N–C) groups is 1. The van der Waals surface area contributed by atoms with Gasteiger partial charge in [0.1, 0.15) is 0 Å². The highest BCUT2D eigenvalue weighted by molar-refractivity contribution is 7.09. The first-order valence-corrected chi connectivity index (χ1v) is 8.39. The van der Waals surface area contributed by atoms with Crippen LogP contribution in [0.15, 0.2) is 22.5 Å². The second kappa shape index (κ2) is 8.27. The molecule has 5 heteroatoms. The number of nitrogens with zero attached hydrogens (tertiary/aromatic N) is 2. The van der Waals surface area contributed by atoms with Crippen molar-refractivity contribution in [2.45, 2.75) is 19.8 Å². The number of rotatable bonds is 6. The summed E-state index contributed by atoms with van der Waals surface area (Å²) < 4.78 is 0. The zero-order valence-electron chi connectivity index (χ0n) is 12.6. The van der Waals surface area contributed by atoms with Crippen LogP contribution in [0.25, 0.3) is 0 Å². The molecule has 1 fully saturated rings. The molecule has 0 aromatic carbocycles. The SMILES string of the molecule is CCN1CCC(CNC(=NC)NCCc2cccs2)C1. The summed E-state index contributed by atoms with van der Waals surface area (Å²) in [5, 5.41) is 8.97. The Bertz CT molecular complexity index is 402. The van der Waals surface area contributed by atoms with E-state index in [1.165, 1.54) is 30.9 Å². The molecule has 112 valence electrons. The van der Waals surface area contributed by atoms with Gasteiger partial charge < -0.3 is 15.5 Å². The van der Waals surface area contributed by atoms with Gasteiger partial charge in [0.05, 0.1) is 0 Å². The number of hydrogen-bond donors (Lipinski definition) is 2. The fourth-order valence-electron chi connectivity index (χ4n) is 2.59. The van der Waals surface area contributed by atoms with Crippen molar-refractivity contribution >= 4 is 17.3 Å². The van der Waals surface area contributed by atoms with E-state index in [2.05, 4.69) is 45.0 Å². The lowest BCUT2D eigenvalue weighted by molar-refractivity contribution is 0.342. The van der Waals surface area contributed by atoms with Crippen LogP contribution < -0.4 is 10.6 Å². The minimum atomic E-state index is 0.755. The molecular weight excluding hydrogens is 268 g/mol. The second-order valence-corrected chi connectivity index (χ2v) is 6.29. The number of likely N-dealkylation sites (tertiary alicyclic amines) is 1. The molecule has 0 saturated carbocycles. The summed E-state index contributed by atoms with van der Waals surface area (Å²) in [6.45, 7) is 7.83. The van der Waals surface area contributed by atoms with E-state index in [0.29, 0.717) is 0 Å². The minimum Gasteiger partial charge on any atom is -0.356 e. The molecule has 1 aromatic rings. The number of hydrogen-bond acceptors (Lipinski definition) is 3. The van der Waals surface area contributed by atoms with Crippen LogP contribution in [0.5, 0.6) is 0 Å². The van der Waals surface area contributed by atoms with Gasteiger partial charge in [-0.25, -0.2) is 0 Å². The van der Waals surface area contributed by atoms with E-state index in [-0.39, 0.29) is 0 Å². The van der Waals surface area contributed by atoms with Crippen molar-refractivity contribution in [3.8, 4) is 0 Å². The summed E-state index contributed by atoms with van der Waals surface area (Å²) in [5.74, 6) is 1.68. The maximum Gasteiger partial charge on any atom is 0.190 e. The third-order valence-corrected chi connectivity index (χ3v) is 4.78. The van der Waals surface area contributed by atoms with Crippen molar-refractivity contribution in [3.63, 3.8) is 0 Å². The lowest BCUT2D eigenvalue weighted by Gasteiger charge is -2.16. The maximum atomic E-state index is 4.29. The normalized spacial score (nSPS) is 20.3. The average molecular weight is 294 g/mol. The van der Waals surface area contributed by atoms with Crippen molar-refractivity contribution < 1.29 is 0 Å². The summed E-state index contributed by atoms with van der Waals surface area (Å²) in [4.78, 5) is 8.22. The molecule has 1 saturated heterocycles. The van der Waals surface area contributed by atoms with E-state index in [0.717, 1.165) is 31.4 Å². The molecule has 0 radical (unpaired) electrons. The lowest BCUT2D eigenvalue weighted by atomic mass is 10.1. The molecule has 2 N–H and O–H groups in total. The highest BCUT2D eigenvalue weighted by Crippen LogP contribution is 2.14. The van der Waals surface area contributed by atoms with Crippen LogP contribution in [-0.2, 0) is 6.42 Å². The molecule has 1 aliphatic rings. The first kappa shape index (κ1) is 15.3. The molecule has 2 heterocycles. The Kier molecular flexibility index (Phi) is 6.33. The van der Waals surface area contributed by atoms with E-state index in [1.54, 1.807) is 0 Å². The molecule has 1 aromatic heterocycles.